The molecule has 2 heterocycles. The number of amides is 2. The van der Waals surface area contributed by atoms with Gasteiger partial charge in [-0.25, -0.2) is 0 Å². The Labute approximate surface area is 131 Å². The summed E-state index contributed by atoms with van der Waals surface area (Å²) in [6.07, 6.45) is 5.76. The van der Waals surface area contributed by atoms with Crippen molar-refractivity contribution >= 4 is 11.8 Å². The molecule has 2 rings (SSSR count). The number of aromatic nitrogens is 1. The van der Waals surface area contributed by atoms with Crippen molar-refractivity contribution in [2.45, 2.75) is 26.3 Å². The van der Waals surface area contributed by atoms with Crippen LogP contribution in [0.3, 0.4) is 0 Å². The Hall–Kier alpha value is -1.95. The van der Waals surface area contributed by atoms with Crippen molar-refractivity contribution in [3.63, 3.8) is 0 Å². The van der Waals surface area contributed by atoms with E-state index < -0.39 is 11.8 Å². The standard InChI is InChI=1S/C16H24N4O2/c1-2-18-15(21)16(22)19-11-13-5-8-20(9-6-13)12-14-4-3-7-17-10-14/h3-4,7,10,13H,2,5-6,8-9,11-12H2,1H3,(H,18,21)(H,19,22). The molecule has 6 nitrogen and oxygen atoms in total. The third-order valence-corrected chi connectivity index (χ3v) is 3.93. The summed E-state index contributed by atoms with van der Waals surface area (Å²) in [7, 11) is 0. The lowest BCUT2D eigenvalue weighted by molar-refractivity contribution is -0.139. The van der Waals surface area contributed by atoms with E-state index >= 15 is 0 Å². The van der Waals surface area contributed by atoms with E-state index in [2.05, 4.69) is 26.6 Å². The Morgan fingerprint density at radius 3 is 2.64 bits per heavy atom. The van der Waals surface area contributed by atoms with Crippen molar-refractivity contribution in [2.75, 3.05) is 26.2 Å². The van der Waals surface area contributed by atoms with Gasteiger partial charge in [0.1, 0.15) is 0 Å². The molecule has 0 spiro atoms. The van der Waals surface area contributed by atoms with E-state index in [1.165, 1.54) is 5.56 Å². The SMILES string of the molecule is CCNC(=O)C(=O)NCC1CCN(Cc2cccnc2)CC1. The van der Waals surface area contributed by atoms with Crippen LogP contribution in [0.2, 0.25) is 0 Å². The lowest BCUT2D eigenvalue weighted by Crippen LogP contribution is -2.43. The minimum absolute atomic E-state index is 0.448. The molecule has 22 heavy (non-hydrogen) atoms. The first-order valence-electron chi connectivity index (χ1n) is 7.86. The summed E-state index contributed by atoms with van der Waals surface area (Å²) < 4.78 is 0. The summed E-state index contributed by atoms with van der Waals surface area (Å²) >= 11 is 0. The average molecular weight is 304 g/mol. The smallest absolute Gasteiger partial charge is 0.309 e. The van der Waals surface area contributed by atoms with Crippen molar-refractivity contribution in [1.29, 1.82) is 0 Å². The maximum absolute atomic E-state index is 11.5. The summed E-state index contributed by atoms with van der Waals surface area (Å²) in [6, 6.07) is 4.05. The summed E-state index contributed by atoms with van der Waals surface area (Å²) in [4.78, 5) is 29.4. The van der Waals surface area contributed by atoms with Gasteiger partial charge in [0.2, 0.25) is 0 Å². The molecule has 0 aromatic carbocycles. The van der Waals surface area contributed by atoms with Gasteiger partial charge in [0.15, 0.2) is 0 Å². The van der Waals surface area contributed by atoms with Crippen LogP contribution in [0.4, 0.5) is 0 Å². The molecule has 0 atom stereocenters. The third-order valence-electron chi connectivity index (χ3n) is 3.93. The third kappa shape index (κ3) is 5.11. The zero-order valence-corrected chi connectivity index (χ0v) is 13.0. The van der Waals surface area contributed by atoms with Gasteiger partial charge in [-0.05, 0) is 50.4 Å². The number of carbonyl (C=O) groups excluding carboxylic acids is 2. The predicted molar refractivity (Wildman–Crippen MR) is 83.9 cm³/mol. The number of nitrogens with zero attached hydrogens (tertiary/aromatic N) is 2. The molecule has 1 fully saturated rings. The van der Waals surface area contributed by atoms with Crippen LogP contribution in [0.15, 0.2) is 24.5 Å². The van der Waals surface area contributed by atoms with Crippen LogP contribution in [-0.2, 0) is 16.1 Å². The van der Waals surface area contributed by atoms with Crippen LogP contribution in [0.5, 0.6) is 0 Å². The quantitative estimate of drug-likeness (QED) is 0.779. The molecular formula is C16H24N4O2. The lowest BCUT2D eigenvalue weighted by Gasteiger charge is -2.31. The molecule has 0 saturated carbocycles. The van der Waals surface area contributed by atoms with E-state index in [4.69, 9.17) is 0 Å². The van der Waals surface area contributed by atoms with E-state index in [1.807, 2.05) is 12.3 Å². The maximum Gasteiger partial charge on any atom is 0.309 e. The van der Waals surface area contributed by atoms with Crippen molar-refractivity contribution < 1.29 is 9.59 Å². The number of carbonyl (C=O) groups is 2. The fraction of sp³-hybridized carbons (Fsp3) is 0.562. The highest BCUT2D eigenvalue weighted by molar-refractivity contribution is 6.35. The van der Waals surface area contributed by atoms with E-state index in [0.717, 1.165) is 32.5 Å². The number of likely N-dealkylation sites (tertiary alicyclic amines) is 1. The Kier molecular flexibility index (Phi) is 6.33. The highest BCUT2D eigenvalue weighted by atomic mass is 16.2. The van der Waals surface area contributed by atoms with Crippen molar-refractivity contribution in [1.82, 2.24) is 20.5 Å². The molecule has 1 saturated heterocycles. The molecule has 1 aliphatic rings. The molecular weight excluding hydrogens is 280 g/mol. The first-order valence-corrected chi connectivity index (χ1v) is 7.86. The molecule has 1 aromatic heterocycles. The number of pyridine rings is 1. The van der Waals surface area contributed by atoms with Gasteiger partial charge in [0.25, 0.3) is 0 Å². The van der Waals surface area contributed by atoms with E-state index in [1.54, 1.807) is 13.1 Å². The van der Waals surface area contributed by atoms with Gasteiger partial charge in [-0.3, -0.25) is 19.5 Å². The molecule has 6 heteroatoms. The van der Waals surface area contributed by atoms with Crippen LogP contribution in [0.1, 0.15) is 25.3 Å². The Morgan fingerprint density at radius 2 is 2.00 bits per heavy atom. The molecule has 2 amide bonds. The first-order chi connectivity index (χ1) is 10.7. The topological polar surface area (TPSA) is 74.3 Å². The van der Waals surface area contributed by atoms with Gasteiger partial charge in [-0.1, -0.05) is 6.07 Å². The molecule has 0 unspecified atom stereocenters. The van der Waals surface area contributed by atoms with Crippen molar-refractivity contribution in [3.05, 3.63) is 30.1 Å². The molecule has 2 N–H and O–H groups in total. The van der Waals surface area contributed by atoms with E-state index in [9.17, 15) is 9.59 Å². The monoisotopic (exact) mass is 304 g/mol. The number of likely N-dealkylation sites (N-methyl/N-ethyl adjacent to an activating group) is 1. The zero-order chi connectivity index (χ0) is 15.8. The second-order valence-corrected chi connectivity index (χ2v) is 5.65. The highest BCUT2D eigenvalue weighted by Crippen LogP contribution is 2.18. The fourth-order valence-electron chi connectivity index (χ4n) is 2.66. The lowest BCUT2D eigenvalue weighted by atomic mass is 9.96. The Balaban J connectivity index is 1.67. The van der Waals surface area contributed by atoms with Gasteiger partial charge in [0, 0.05) is 32.0 Å². The normalized spacial score (nSPS) is 16.2. The Morgan fingerprint density at radius 1 is 1.27 bits per heavy atom. The highest BCUT2D eigenvalue weighted by Gasteiger charge is 2.21. The number of hydrogen-bond acceptors (Lipinski definition) is 4. The Bertz CT molecular complexity index is 484. The second-order valence-electron chi connectivity index (χ2n) is 5.65. The summed E-state index contributed by atoms with van der Waals surface area (Å²) in [5.74, 6) is -0.625. The minimum atomic E-state index is -0.545. The molecule has 0 bridgehead atoms. The summed E-state index contributed by atoms with van der Waals surface area (Å²) in [5, 5.41) is 5.22. The number of piperidine rings is 1. The number of rotatable bonds is 5. The largest absolute Gasteiger partial charge is 0.348 e. The first kappa shape index (κ1) is 16.4. The van der Waals surface area contributed by atoms with E-state index in [-0.39, 0.29) is 0 Å². The molecule has 0 aliphatic carbocycles. The van der Waals surface area contributed by atoms with Gasteiger partial charge in [0.05, 0.1) is 0 Å². The molecule has 120 valence electrons. The predicted octanol–water partition coefficient (Wildman–Crippen LogP) is 0.546. The van der Waals surface area contributed by atoms with Crippen LogP contribution >= 0.6 is 0 Å². The average Bonchev–Trinajstić information content (AvgIpc) is 2.55. The van der Waals surface area contributed by atoms with Crippen molar-refractivity contribution in [3.8, 4) is 0 Å². The van der Waals surface area contributed by atoms with Crippen LogP contribution in [0.25, 0.3) is 0 Å². The zero-order valence-electron chi connectivity index (χ0n) is 13.0. The number of hydrogen-bond donors (Lipinski definition) is 2. The van der Waals surface area contributed by atoms with Crippen LogP contribution in [-0.4, -0.2) is 47.9 Å². The maximum atomic E-state index is 11.5. The minimum Gasteiger partial charge on any atom is -0.348 e. The van der Waals surface area contributed by atoms with Gasteiger partial charge >= 0.3 is 11.8 Å². The summed E-state index contributed by atoms with van der Waals surface area (Å²) in [6.45, 7) is 5.79. The van der Waals surface area contributed by atoms with Gasteiger partial charge < -0.3 is 10.6 Å². The molecule has 1 aromatic rings. The second kappa shape index (κ2) is 8.48. The molecule has 1 aliphatic heterocycles. The van der Waals surface area contributed by atoms with Gasteiger partial charge in [-0.2, -0.15) is 0 Å². The van der Waals surface area contributed by atoms with E-state index in [0.29, 0.717) is 19.0 Å². The molecule has 0 radical (unpaired) electrons. The van der Waals surface area contributed by atoms with Crippen LogP contribution in [0, 0.1) is 5.92 Å². The number of nitrogens with one attached hydrogen (secondary N) is 2. The summed E-state index contributed by atoms with van der Waals surface area (Å²) in [5.41, 5.74) is 1.23. The van der Waals surface area contributed by atoms with Crippen molar-refractivity contribution in [2.24, 2.45) is 5.92 Å². The fourth-order valence-corrected chi connectivity index (χ4v) is 2.66. The van der Waals surface area contributed by atoms with Gasteiger partial charge in [-0.15, -0.1) is 0 Å². The van der Waals surface area contributed by atoms with Crippen LogP contribution < -0.4 is 10.6 Å².